The molecule has 15 heavy (non-hydrogen) atoms. The number of rotatable bonds is 3. The van der Waals surface area contributed by atoms with Crippen LogP contribution in [0.15, 0.2) is 24.4 Å². The van der Waals surface area contributed by atoms with E-state index in [0.29, 0.717) is 0 Å². The Labute approximate surface area is 93.5 Å². The maximum Gasteiger partial charge on any atom is 0.102 e. The van der Waals surface area contributed by atoms with Crippen LogP contribution in [-0.2, 0) is 7.05 Å². The molecule has 4 heteroatoms. The Balaban J connectivity index is 2.27. The summed E-state index contributed by atoms with van der Waals surface area (Å²) in [6.45, 7) is 2.10. The van der Waals surface area contributed by atoms with Gasteiger partial charge >= 0.3 is 0 Å². The van der Waals surface area contributed by atoms with E-state index in [1.165, 1.54) is 9.75 Å². The summed E-state index contributed by atoms with van der Waals surface area (Å²) < 4.78 is 1.81. The van der Waals surface area contributed by atoms with E-state index >= 15 is 0 Å². The van der Waals surface area contributed by atoms with Crippen molar-refractivity contribution in [1.29, 1.82) is 0 Å². The van der Waals surface area contributed by atoms with Gasteiger partial charge in [-0.25, -0.2) is 0 Å². The van der Waals surface area contributed by atoms with Crippen LogP contribution in [0.3, 0.4) is 0 Å². The van der Waals surface area contributed by atoms with Gasteiger partial charge in [-0.3, -0.25) is 4.68 Å². The third kappa shape index (κ3) is 2.11. The highest BCUT2D eigenvalue weighted by atomic mass is 32.1. The predicted octanol–water partition coefficient (Wildman–Crippen LogP) is 2.56. The lowest BCUT2D eigenvalue weighted by Crippen LogP contribution is -2.05. The van der Waals surface area contributed by atoms with E-state index in [9.17, 15) is 0 Å². The number of thiophene rings is 1. The average Bonchev–Trinajstić information content (AvgIpc) is 2.84. The SMILES string of the molecule is CCC(N)c1ccc(-c2ccn(C)n2)s1. The molecule has 0 bridgehead atoms. The second kappa shape index (κ2) is 4.16. The van der Waals surface area contributed by atoms with Gasteiger partial charge in [0.25, 0.3) is 0 Å². The number of aryl methyl sites for hydroxylation is 1. The largest absolute Gasteiger partial charge is 0.323 e. The third-order valence-electron chi connectivity index (χ3n) is 2.40. The Morgan fingerprint density at radius 1 is 1.47 bits per heavy atom. The highest BCUT2D eigenvalue weighted by Gasteiger charge is 2.09. The lowest BCUT2D eigenvalue weighted by atomic mass is 10.2. The predicted molar refractivity (Wildman–Crippen MR) is 63.7 cm³/mol. The lowest BCUT2D eigenvalue weighted by molar-refractivity contribution is 0.712. The maximum atomic E-state index is 5.98. The normalized spacial score (nSPS) is 13.0. The molecular weight excluding hydrogens is 206 g/mol. The molecule has 0 amide bonds. The summed E-state index contributed by atoms with van der Waals surface area (Å²) in [5.41, 5.74) is 7.00. The Bertz CT molecular complexity index is 444. The fraction of sp³-hybridized carbons (Fsp3) is 0.364. The van der Waals surface area contributed by atoms with Gasteiger partial charge < -0.3 is 5.73 Å². The second-order valence-electron chi connectivity index (χ2n) is 3.59. The van der Waals surface area contributed by atoms with Crippen molar-refractivity contribution >= 4 is 11.3 Å². The van der Waals surface area contributed by atoms with Crippen LogP contribution in [0.5, 0.6) is 0 Å². The van der Waals surface area contributed by atoms with Crippen molar-refractivity contribution in [2.24, 2.45) is 12.8 Å². The molecule has 80 valence electrons. The van der Waals surface area contributed by atoms with Gasteiger partial charge in [-0.15, -0.1) is 11.3 Å². The summed E-state index contributed by atoms with van der Waals surface area (Å²) in [4.78, 5) is 2.42. The summed E-state index contributed by atoms with van der Waals surface area (Å²) in [6.07, 6.45) is 2.93. The van der Waals surface area contributed by atoms with Crippen molar-refractivity contribution in [3.05, 3.63) is 29.3 Å². The zero-order chi connectivity index (χ0) is 10.8. The molecule has 1 atom stereocenters. The quantitative estimate of drug-likeness (QED) is 0.865. The molecule has 0 spiro atoms. The standard InChI is InChI=1S/C11H15N3S/c1-3-8(12)10-4-5-11(15-10)9-6-7-14(2)13-9/h4-8H,3,12H2,1-2H3. The lowest BCUT2D eigenvalue weighted by Gasteiger charge is -2.03. The summed E-state index contributed by atoms with van der Waals surface area (Å²) in [7, 11) is 1.93. The fourth-order valence-electron chi connectivity index (χ4n) is 1.44. The molecule has 0 aliphatic rings. The van der Waals surface area contributed by atoms with Crippen LogP contribution in [-0.4, -0.2) is 9.78 Å². The second-order valence-corrected chi connectivity index (χ2v) is 4.71. The molecule has 2 rings (SSSR count). The number of aromatic nitrogens is 2. The smallest absolute Gasteiger partial charge is 0.102 e. The molecule has 0 fully saturated rings. The molecule has 0 radical (unpaired) electrons. The first kappa shape index (κ1) is 10.4. The van der Waals surface area contributed by atoms with Crippen LogP contribution >= 0.6 is 11.3 Å². The van der Waals surface area contributed by atoms with Gasteiger partial charge in [0, 0.05) is 24.2 Å². The van der Waals surface area contributed by atoms with E-state index < -0.39 is 0 Å². The Hall–Kier alpha value is -1.13. The van der Waals surface area contributed by atoms with Crippen molar-refractivity contribution in [3.8, 4) is 10.6 Å². The molecule has 2 N–H and O–H groups in total. The first-order valence-electron chi connectivity index (χ1n) is 5.06. The van der Waals surface area contributed by atoms with Gasteiger partial charge in [0.15, 0.2) is 0 Å². The molecule has 0 saturated heterocycles. The molecule has 3 nitrogen and oxygen atoms in total. The van der Waals surface area contributed by atoms with Crippen LogP contribution in [0, 0.1) is 0 Å². The monoisotopic (exact) mass is 221 g/mol. The number of hydrogen-bond acceptors (Lipinski definition) is 3. The minimum absolute atomic E-state index is 0.160. The summed E-state index contributed by atoms with van der Waals surface area (Å²) in [5, 5.41) is 4.37. The highest BCUT2D eigenvalue weighted by molar-refractivity contribution is 7.15. The summed E-state index contributed by atoms with van der Waals surface area (Å²) in [6, 6.07) is 6.38. The van der Waals surface area contributed by atoms with Gasteiger partial charge in [0.1, 0.15) is 5.69 Å². The molecule has 2 heterocycles. The van der Waals surface area contributed by atoms with Crippen molar-refractivity contribution in [1.82, 2.24) is 9.78 Å². The first-order chi connectivity index (χ1) is 7.20. The summed E-state index contributed by atoms with van der Waals surface area (Å²) >= 11 is 1.73. The number of nitrogens with zero attached hydrogens (tertiary/aromatic N) is 2. The van der Waals surface area contributed by atoms with Crippen molar-refractivity contribution in [2.75, 3.05) is 0 Å². The number of hydrogen-bond donors (Lipinski definition) is 1. The van der Waals surface area contributed by atoms with Crippen LogP contribution in [0.4, 0.5) is 0 Å². The summed E-state index contributed by atoms with van der Waals surface area (Å²) in [5.74, 6) is 0. The van der Waals surface area contributed by atoms with Crippen molar-refractivity contribution in [3.63, 3.8) is 0 Å². The van der Waals surface area contributed by atoms with Crippen molar-refractivity contribution < 1.29 is 0 Å². The molecule has 0 aromatic carbocycles. The maximum absolute atomic E-state index is 5.98. The zero-order valence-electron chi connectivity index (χ0n) is 8.97. The molecule has 0 saturated carbocycles. The Morgan fingerprint density at radius 3 is 2.87 bits per heavy atom. The minimum Gasteiger partial charge on any atom is -0.323 e. The van der Waals surface area contributed by atoms with E-state index in [0.717, 1.165) is 12.1 Å². The third-order valence-corrected chi connectivity index (χ3v) is 3.64. The van der Waals surface area contributed by atoms with E-state index in [-0.39, 0.29) is 6.04 Å². The van der Waals surface area contributed by atoms with Gasteiger partial charge in [-0.2, -0.15) is 5.10 Å². The molecule has 0 aliphatic carbocycles. The average molecular weight is 221 g/mol. The van der Waals surface area contributed by atoms with Gasteiger partial charge in [-0.1, -0.05) is 6.92 Å². The Morgan fingerprint density at radius 2 is 2.27 bits per heavy atom. The van der Waals surface area contributed by atoms with Crippen LogP contribution in [0.1, 0.15) is 24.3 Å². The molecule has 0 aliphatic heterocycles. The first-order valence-corrected chi connectivity index (χ1v) is 5.87. The van der Waals surface area contributed by atoms with E-state index in [1.807, 2.05) is 24.0 Å². The highest BCUT2D eigenvalue weighted by Crippen LogP contribution is 2.30. The molecular formula is C11H15N3S. The molecule has 2 aromatic rings. The van der Waals surface area contributed by atoms with Gasteiger partial charge in [0.2, 0.25) is 0 Å². The van der Waals surface area contributed by atoms with Gasteiger partial charge in [0.05, 0.1) is 4.88 Å². The topological polar surface area (TPSA) is 43.8 Å². The molecule has 1 unspecified atom stereocenters. The number of nitrogens with two attached hydrogens (primary N) is 1. The fourth-order valence-corrected chi connectivity index (χ4v) is 2.50. The van der Waals surface area contributed by atoms with E-state index in [2.05, 4.69) is 24.2 Å². The van der Waals surface area contributed by atoms with Crippen LogP contribution in [0.2, 0.25) is 0 Å². The molecule has 2 aromatic heterocycles. The van der Waals surface area contributed by atoms with Crippen molar-refractivity contribution in [2.45, 2.75) is 19.4 Å². The van der Waals surface area contributed by atoms with E-state index in [4.69, 9.17) is 5.73 Å². The zero-order valence-corrected chi connectivity index (χ0v) is 9.79. The Kier molecular flexibility index (Phi) is 2.88. The van der Waals surface area contributed by atoms with Crippen LogP contribution < -0.4 is 5.73 Å². The minimum atomic E-state index is 0.160. The van der Waals surface area contributed by atoms with Gasteiger partial charge in [-0.05, 0) is 24.6 Å². The van der Waals surface area contributed by atoms with E-state index in [1.54, 1.807) is 11.3 Å². The van der Waals surface area contributed by atoms with Crippen LogP contribution in [0.25, 0.3) is 10.6 Å².